The third kappa shape index (κ3) is 3.30. The summed E-state index contributed by atoms with van der Waals surface area (Å²) in [5, 5.41) is 0. The highest BCUT2D eigenvalue weighted by Crippen LogP contribution is 2.57. The van der Waals surface area contributed by atoms with Crippen molar-refractivity contribution in [1.82, 2.24) is 29.4 Å². The van der Waals surface area contributed by atoms with Crippen LogP contribution in [0.2, 0.25) is 0 Å². The molecule has 3 aliphatic carbocycles. The summed E-state index contributed by atoms with van der Waals surface area (Å²) in [5.41, 5.74) is 0. The Kier molecular flexibility index (Phi) is 5.40. The van der Waals surface area contributed by atoms with Crippen LogP contribution in [0, 0.1) is 35.5 Å². The number of carbonyl (C=O) groups excluding carboxylic acids is 4. The molecule has 0 unspecified atom stereocenters. The smallest absolute Gasteiger partial charge is 0.234 e. The molecule has 10 heteroatoms. The Morgan fingerprint density at radius 2 is 0.853 bits per heavy atom. The lowest BCUT2D eigenvalue weighted by molar-refractivity contribution is -0.143. The molecule has 0 aromatic heterocycles. The highest BCUT2D eigenvalue weighted by atomic mass is 16.2. The van der Waals surface area contributed by atoms with Crippen molar-refractivity contribution in [3.63, 3.8) is 0 Å². The number of imide groups is 2. The Balaban J connectivity index is 1.21. The summed E-state index contributed by atoms with van der Waals surface area (Å²) in [6.45, 7) is 7.52. The lowest BCUT2D eigenvalue weighted by Crippen LogP contribution is -2.50. The molecule has 0 aromatic carbocycles. The number of likely N-dealkylation sites (N-methyl/N-ethyl adjacent to an activating group) is 2. The van der Waals surface area contributed by atoms with E-state index in [-0.39, 0.29) is 35.5 Å². The second-order valence-corrected chi connectivity index (χ2v) is 11.0. The van der Waals surface area contributed by atoms with Gasteiger partial charge in [0.05, 0.1) is 37.0 Å². The molecule has 4 amide bonds. The molecular formula is C24H34N6O4. The zero-order valence-electron chi connectivity index (χ0n) is 20.0. The van der Waals surface area contributed by atoms with E-state index in [4.69, 9.17) is 0 Å². The van der Waals surface area contributed by atoms with Gasteiger partial charge in [-0.3, -0.25) is 38.8 Å². The minimum atomic E-state index is -0.517. The van der Waals surface area contributed by atoms with Crippen LogP contribution in [0.3, 0.4) is 0 Å². The van der Waals surface area contributed by atoms with Gasteiger partial charge >= 0.3 is 0 Å². The molecule has 0 radical (unpaired) electrons. The Morgan fingerprint density at radius 3 is 1.15 bits per heavy atom. The number of piperazine rings is 2. The molecule has 0 N–H and O–H groups in total. The summed E-state index contributed by atoms with van der Waals surface area (Å²) in [6, 6.07) is 0. The van der Waals surface area contributed by atoms with E-state index in [1.807, 2.05) is 12.2 Å². The van der Waals surface area contributed by atoms with Gasteiger partial charge in [0.2, 0.25) is 23.6 Å². The van der Waals surface area contributed by atoms with E-state index in [0.717, 1.165) is 52.4 Å². The summed E-state index contributed by atoms with van der Waals surface area (Å²) in [5.74, 6) is -3.46. The monoisotopic (exact) mass is 470 g/mol. The fourth-order valence-corrected chi connectivity index (χ4v) is 7.01. The van der Waals surface area contributed by atoms with E-state index in [1.54, 1.807) is 0 Å². The molecule has 7 rings (SSSR count). The van der Waals surface area contributed by atoms with E-state index < -0.39 is 23.7 Å². The van der Waals surface area contributed by atoms with Crippen LogP contribution in [0.25, 0.3) is 0 Å². The van der Waals surface area contributed by atoms with Crippen molar-refractivity contribution >= 4 is 23.6 Å². The molecule has 4 heterocycles. The molecular weight excluding hydrogens is 436 g/mol. The van der Waals surface area contributed by atoms with Crippen LogP contribution < -0.4 is 0 Å². The fourth-order valence-electron chi connectivity index (χ4n) is 7.01. The summed E-state index contributed by atoms with van der Waals surface area (Å²) < 4.78 is 0. The number of likely N-dealkylation sites (tertiary alicyclic amines) is 2. The molecule has 0 aromatic rings. The van der Waals surface area contributed by atoms with Gasteiger partial charge in [0.25, 0.3) is 0 Å². The van der Waals surface area contributed by atoms with Crippen LogP contribution in [0.4, 0.5) is 0 Å². The summed E-state index contributed by atoms with van der Waals surface area (Å²) >= 11 is 0. The standard InChI is InChI=1S/C24H34N6O4/c1-25-5-9-27(10-6-25)13-29-21(31)17-15-3-4-16(18(17)22(29)32)20-19(15)23(33)30(24(20)34)14-28-11-7-26(2)8-12-28/h3-4,15-20H,5-14H2,1-2H3/t15?,16?,17-,18-,19-,20-/m1/s1. The third-order valence-corrected chi connectivity index (χ3v) is 9.07. The summed E-state index contributed by atoms with van der Waals surface area (Å²) in [7, 11) is 4.14. The first kappa shape index (κ1) is 22.3. The van der Waals surface area contributed by atoms with Crippen molar-refractivity contribution in [2.45, 2.75) is 0 Å². The molecule has 4 atom stereocenters. The second-order valence-electron chi connectivity index (χ2n) is 11.0. The van der Waals surface area contributed by atoms with Crippen LogP contribution in [0.1, 0.15) is 0 Å². The van der Waals surface area contributed by atoms with E-state index in [9.17, 15) is 19.2 Å². The Bertz CT molecular complexity index is 820. The maximum atomic E-state index is 13.5. The van der Waals surface area contributed by atoms with Crippen LogP contribution in [0.15, 0.2) is 12.2 Å². The van der Waals surface area contributed by atoms with Gasteiger partial charge in [0, 0.05) is 64.2 Å². The number of rotatable bonds is 4. The normalized spacial score (nSPS) is 39.5. The average molecular weight is 471 g/mol. The minimum absolute atomic E-state index is 0.163. The summed E-state index contributed by atoms with van der Waals surface area (Å²) in [6.07, 6.45) is 3.89. The predicted octanol–water partition coefficient (Wildman–Crippen LogP) is -1.59. The lowest BCUT2D eigenvalue weighted by atomic mass is 9.54. The van der Waals surface area contributed by atoms with Gasteiger partial charge in [0.1, 0.15) is 0 Å². The predicted molar refractivity (Wildman–Crippen MR) is 122 cm³/mol. The maximum Gasteiger partial charge on any atom is 0.234 e. The second kappa shape index (κ2) is 8.22. The van der Waals surface area contributed by atoms with Gasteiger partial charge in [-0.25, -0.2) is 0 Å². The maximum absolute atomic E-state index is 13.5. The van der Waals surface area contributed by atoms with E-state index >= 15 is 0 Å². The zero-order chi connectivity index (χ0) is 23.7. The van der Waals surface area contributed by atoms with Gasteiger partial charge in [-0.1, -0.05) is 12.2 Å². The third-order valence-electron chi connectivity index (χ3n) is 9.07. The molecule has 34 heavy (non-hydrogen) atoms. The van der Waals surface area contributed by atoms with Gasteiger partial charge in [-0.05, 0) is 14.1 Å². The lowest BCUT2D eigenvalue weighted by Gasteiger charge is -2.44. The largest absolute Gasteiger partial charge is 0.304 e. The van der Waals surface area contributed by atoms with Crippen LogP contribution in [0.5, 0.6) is 0 Å². The molecule has 4 saturated heterocycles. The number of nitrogens with zero attached hydrogens (tertiary/aromatic N) is 6. The number of carbonyl (C=O) groups is 4. The van der Waals surface area contributed by atoms with Crippen LogP contribution in [-0.2, 0) is 19.2 Å². The van der Waals surface area contributed by atoms with Crippen molar-refractivity contribution in [3.05, 3.63) is 12.2 Å². The van der Waals surface area contributed by atoms with Crippen LogP contribution >= 0.6 is 0 Å². The van der Waals surface area contributed by atoms with Gasteiger partial charge in [-0.2, -0.15) is 0 Å². The first-order valence-corrected chi connectivity index (χ1v) is 12.6. The first-order valence-electron chi connectivity index (χ1n) is 12.6. The van der Waals surface area contributed by atoms with E-state index in [2.05, 4.69) is 33.7 Å². The van der Waals surface area contributed by atoms with Crippen molar-refractivity contribution in [1.29, 1.82) is 0 Å². The number of hydrogen-bond acceptors (Lipinski definition) is 8. The highest BCUT2D eigenvalue weighted by molar-refractivity contribution is 6.10. The van der Waals surface area contributed by atoms with Crippen molar-refractivity contribution in [2.24, 2.45) is 35.5 Å². The van der Waals surface area contributed by atoms with E-state index in [1.165, 1.54) is 9.80 Å². The fraction of sp³-hybridized carbons (Fsp3) is 0.750. The van der Waals surface area contributed by atoms with Crippen molar-refractivity contribution < 1.29 is 19.2 Å². The highest BCUT2D eigenvalue weighted by Gasteiger charge is 2.68. The number of hydrogen-bond donors (Lipinski definition) is 0. The molecule has 184 valence electrons. The van der Waals surface area contributed by atoms with Crippen molar-refractivity contribution in [2.75, 3.05) is 79.8 Å². The van der Waals surface area contributed by atoms with Gasteiger partial charge in [0.15, 0.2) is 0 Å². The zero-order valence-corrected chi connectivity index (χ0v) is 20.0. The van der Waals surface area contributed by atoms with Gasteiger partial charge < -0.3 is 9.80 Å². The minimum Gasteiger partial charge on any atom is -0.304 e. The molecule has 2 bridgehead atoms. The van der Waals surface area contributed by atoms with Crippen molar-refractivity contribution in [3.8, 4) is 0 Å². The molecule has 1 saturated carbocycles. The number of allylic oxidation sites excluding steroid dienone is 2. The average Bonchev–Trinajstić information content (AvgIpc) is 3.25. The van der Waals surface area contributed by atoms with E-state index in [0.29, 0.717) is 13.3 Å². The quantitative estimate of drug-likeness (QED) is 0.359. The topological polar surface area (TPSA) is 87.7 Å². The van der Waals surface area contributed by atoms with Crippen LogP contribution in [-0.4, -0.2) is 133 Å². The Labute approximate surface area is 200 Å². The van der Waals surface area contributed by atoms with Gasteiger partial charge in [-0.15, -0.1) is 0 Å². The molecule has 4 aliphatic heterocycles. The molecule has 7 aliphatic rings. The molecule has 5 fully saturated rings. The Hall–Kier alpha value is -2.14. The molecule has 0 spiro atoms. The SMILES string of the molecule is CN1CCN(CN2C(=O)[C@@H]3C4C=CC([C@H]3C2=O)[C@H]2C(=O)N(CN3CCN(C)CC3)C(=O)[C@H]42)CC1. The molecule has 10 nitrogen and oxygen atoms in total. The Morgan fingerprint density at radius 1 is 0.559 bits per heavy atom. The summed E-state index contributed by atoms with van der Waals surface area (Å²) in [4.78, 5) is 65.6. The number of amides is 4. The first-order chi connectivity index (χ1) is 16.3.